The lowest BCUT2D eigenvalue weighted by atomic mass is 10.1. The zero-order valence-corrected chi connectivity index (χ0v) is 12.0. The Morgan fingerprint density at radius 2 is 1.68 bits per heavy atom. The van der Waals surface area contributed by atoms with Crippen LogP contribution >= 0.6 is 0 Å². The Hall–Kier alpha value is -1.54. The summed E-state index contributed by atoms with van der Waals surface area (Å²) in [4.78, 5) is 1.64. The fourth-order valence-corrected chi connectivity index (χ4v) is 2.37. The number of fused-ring (bicyclic) bond motifs is 1. The van der Waals surface area contributed by atoms with E-state index >= 15 is 0 Å². The number of quaternary nitrogens is 1. The lowest BCUT2D eigenvalue weighted by Crippen LogP contribution is -3.11. The molecule has 0 saturated carbocycles. The van der Waals surface area contributed by atoms with Crippen LogP contribution in [0.15, 0.2) is 42.5 Å². The van der Waals surface area contributed by atoms with Gasteiger partial charge in [0.25, 0.3) is 0 Å². The van der Waals surface area contributed by atoms with E-state index in [0.717, 1.165) is 18.8 Å². The molecule has 0 spiro atoms. The number of ether oxygens (including phenoxy) is 1. The molecule has 0 radical (unpaired) electrons. The Bertz CT molecular complexity index is 505. The molecule has 0 bridgehead atoms. The van der Waals surface area contributed by atoms with Gasteiger partial charge in [-0.2, -0.15) is 0 Å². The average molecular weight is 258 g/mol. The lowest BCUT2D eigenvalue weighted by Gasteiger charge is -2.15. The zero-order valence-electron chi connectivity index (χ0n) is 12.0. The molecule has 2 aromatic carbocycles. The standard InChI is InChI=1S/C17H23NO/c1-3-18(4-2)12-7-13-19-17-11-10-15-8-5-6-9-16(15)14-17/h5-6,8-11,14H,3-4,7,12-13H2,1-2H3/p+1. The molecule has 1 N–H and O–H groups in total. The van der Waals surface area contributed by atoms with Crippen molar-refractivity contribution in [3.8, 4) is 5.75 Å². The smallest absolute Gasteiger partial charge is 0.119 e. The van der Waals surface area contributed by atoms with Crippen molar-refractivity contribution in [1.29, 1.82) is 0 Å². The molecular formula is C17H24NO+. The highest BCUT2D eigenvalue weighted by Crippen LogP contribution is 2.20. The van der Waals surface area contributed by atoms with E-state index < -0.39 is 0 Å². The molecule has 0 aliphatic rings. The minimum atomic E-state index is 0.807. The van der Waals surface area contributed by atoms with E-state index in [0.29, 0.717) is 0 Å². The topological polar surface area (TPSA) is 13.7 Å². The largest absolute Gasteiger partial charge is 0.493 e. The molecule has 0 unspecified atom stereocenters. The summed E-state index contributed by atoms with van der Waals surface area (Å²) in [6, 6.07) is 14.7. The van der Waals surface area contributed by atoms with E-state index in [4.69, 9.17) is 4.74 Å². The second kappa shape index (κ2) is 7.15. The third-order valence-corrected chi connectivity index (χ3v) is 3.66. The van der Waals surface area contributed by atoms with E-state index in [2.05, 4.69) is 56.3 Å². The number of hydrogen-bond donors (Lipinski definition) is 1. The van der Waals surface area contributed by atoms with Crippen LogP contribution in [0.5, 0.6) is 5.75 Å². The molecule has 0 aromatic heterocycles. The molecule has 2 aromatic rings. The molecule has 2 heteroatoms. The van der Waals surface area contributed by atoms with Gasteiger partial charge >= 0.3 is 0 Å². The van der Waals surface area contributed by atoms with Crippen LogP contribution in [0.2, 0.25) is 0 Å². The van der Waals surface area contributed by atoms with E-state index in [1.54, 1.807) is 4.90 Å². The molecule has 0 amide bonds. The van der Waals surface area contributed by atoms with Gasteiger partial charge in [-0.3, -0.25) is 0 Å². The van der Waals surface area contributed by atoms with E-state index in [1.807, 2.05) is 0 Å². The van der Waals surface area contributed by atoms with Crippen LogP contribution in [0.1, 0.15) is 20.3 Å². The van der Waals surface area contributed by atoms with Crippen LogP contribution in [-0.2, 0) is 0 Å². The molecular weight excluding hydrogens is 234 g/mol. The third-order valence-electron chi connectivity index (χ3n) is 3.66. The second-order valence-electron chi connectivity index (χ2n) is 4.92. The highest BCUT2D eigenvalue weighted by atomic mass is 16.5. The first kappa shape index (κ1) is 13.9. The summed E-state index contributed by atoms with van der Waals surface area (Å²) in [7, 11) is 0. The first-order chi connectivity index (χ1) is 9.33. The van der Waals surface area contributed by atoms with Crippen LogP contribution < -0.4 is 9.64 Å². The highest BCUT2D eigenvalue weighted by molar-refractivity contribution is 5.83. The first-order valence-electron chi connectivity index (χ1n) is 7.28. The fourth-order valence-electron chi connectivity index (χ4n) is 2.37. The van der Waals surface area contributed by atoms with Crippen molar-refractivity contribution >= 4 is 10.8 Å². The van der Waals surface area contributed by atoms with Crippen molar-refractivity contribution in [3.05, 3.63) is 42.5 Å². The van der Waals surface area contributed by atoms with Gasteiger partial charge in [0, 0.05) is 6.42 Å². The predicted molar refractivity (Wildman–Crippen MR) is 81.0 cm³/mol. The maximum atomic E-state index is 5.84. The minimum Gasteiger partial charge on any atom is -0.493 e. The molecule has 102 valence electrons. The Balaban J connectivity index is 1.84. The second-order valence-corrected chi connectivity index (χ2v) is 4.92. The van der Waals surface area contributed by atoms with Crippen LogP contribution in [0.3, 0.4) is 0 Å². The molecule has 0 saturated heterocycles. The number of nitrogens with one attached hydrogen (secondary N) is 1. The molecule has 2 nitrogen and oxygen atoms in total. The van der Waals surface area contributed by atoms with Gasteiger partial charge in [-0.15, -0.1) is 0 Å². The Labute approximate surface area is 116 Å². The van der Waals surface area contributed by atoms with Crippen LogP contribution in [0.4, 0.5) is 0 Å². The maximum absolute atomic E-state index is 5.84. The normalized spacial score (nSPS) is 11.1. The van der Waals surface area contributed by atoms with Gasteiger partial charge in [0.15, 0.2) is 0 Å². The van der Waals surface area contributed by atoms with Gasteiger partial charge in [-0.05, 0) is 36.8 Å². The predicted octanol–water partition coefficient (Wildman–Crippen LogP) is 2.53. The van der Waals surface area contributed by atoms with Gasteiger partial charge in [0.2, 0.25) is 0 Å². The molecule has 19 heavy (non-hydrogen) atoms. The Kier molecular flexibility index (Phi) is 5.22. The summed E-state index contributed by atoms with van der Waals surface area (Å²) < 4.78 is 5.84. The SMILES string of the molecule is CC[NH+](CC)CCCOc1ccc2ccccc2c1. The van der Waals surface area contributed by atoms with E-state index in [-0.39, 0.29) is 0 Å². The lowest BCUT2D eigenvalue weighted by molar-refractivity contribution is -0.896. The van der Waals surface area contributed by atoms with Crippen LogP contribution in [0, 0.1) is 0 Å². The first-order valence-corrected chi connectivity index (χ1v) is 7.28. The molecule has 0 atom stereocenters. The quantitative estimate of drug-likeness (QED) is 0.754. The van der Waals surface area contributed by atoms with Crippen molar-refractivity contribution in [1.82, 2.24) is 0 Å². The van der Waals surface area contributed by atoms with Gasteiger partial charge < -0.3 is 9.64 Å². The minimum absolute atomic E-state index is 0.807. The average Bonchev–Trinajstić information content (AvgIpc) is 2.47. The fraction of sp³-hybridized carbons (Fsp3) is 0.412. The van der Waals surface area contributed by atoms with Crippen molar-refractivity contribution < 1.29 is 9.64 Å². The molecule has 0 aliphatic heterocycles. The van der Waals surface area contributed by atoms with E-state index in [9.17, 15) is 0 Å². The van der Waals surface area contributed by atoms with Crippen LogP contribution in [0.25, 0.3) is 10.8 Å². The van der Waals surface area contributed by atoms with E-state index in [1.165, 1.54) is 30.4 Å². The summed E-state index contributed by atoms with van der Waals surface area (Å²) >= 11 is 0. The highest BCUT2D eigenvalue weighted by Gasteiger charge is 2.02. The van der Waals surface area contributed by atoms with Gasteiger partial charge in [0.05, 0.1) is 26.2 Å². The summed E-state index contributed by atoms with van der Waals surface area (Å²) in [6.45, 7) is 8.88. The van der Waals surface area contributed by atoms with Crippen molar-refractivity contribution in [2.24, 2.45) is 0 Å². The summed E-state index contributed by atoms with van der Waals surface area (Å²) in [6.07, 6.45) is 1.11. The monoisotopic (exact) mass is 258 g/mol. The molecule has 0 heterocycles. The third kappa shape index (κ3) is 3.97. The van der Waals surface area contributed by atoms with Crippen LogP contribution in [-0.4, -0.2) is 26.2 Å². The Morgan fingerprint density at radius 3 is 2.42 bits per heavy atom. The van der Waals surface area contributed by atoms with Gasteiger partial charge in [-0.25, -0.2) is 0 Å². The van der Waals surface area contributed by atoms with Crippen molar-refractivity contribution in [2.75, 3.05) is 26.2 Å². The zero-order chi connectivity index (χ0) is 13.5. The summed E-state index contributed by atoms with van der Waals surface area (Å²) in [5.74, 6) is 0.980. The Morgan fingerprint density at radius 1 is 0.947 bits per heavy atom. The molecule has 2 rings (SSSR count). The van der Waals surface area contributed by atoms with Gasteiger partial charge in [0.1, 0.15) is 5.75 Å². The van der Waals surface area contributed by atoms with Crippen molar-refractivity contribution in [3.63, 3.8) is 0 Å². The van der Waals surface area contributed by atoms with Gasteiger partial charge in [-0.1, -0.05) is 30.3 Å². The molecule has 0 aliphatic carbocycles. The summed E-state index contributed by atoms with van der Waals surface area (Å²) in [5, 5.41) is 2.51. The number of benzene rings is 2. The molecule has 0 fully saturated rings. The number of hydrogen-bond acceptors (Lipinski definition) is 1. The van der Waals surface area contributed by atoms with Crippen molar-refractivity contribution in [2.45, 2.75) is 20.3 Å². The number of rotatable bonds is 7. The summed E-state index contributed by atoms with van der Waals surface area (Å²) in [5.41, 5.74) is 0. The maximum Gasteiger partial charge on any atom is 0.119 e.